The van der Waals surface area contributed by atoms with Crippen LogP contribution in [-0.2, 0) is 0 Å². The molecule has 18 heavy (non-hydrogen) atoms. The lowest BCUT2D eigenvalue weighted by atomic mass is 9.92. The largest absolute Gasteiger partial charge is 0.497 e. The lowest BCUT2D eigenvalue weighted by Crippen LogP contribution is -1.98. The van der Waals surface area contributed by atoms with Crippen LogP contribution in [0.2, 0.25) is 0 Å². The molecule has 3 nitrogen and oxygen atoms in total. The van der Waals surface area contributed by atoms with Gasteiger partial charge < -0.3 is 10.5 Å². The average Bonchev–Trinajstić information content (AvgIpc) is 2.42. The monoisotopic (exact) mass is 238 g/mol. The molecule has 0 saturated carbocycles. The molecule has 0 spiro atoms. The third-order valence-electron chi connectivity index (χ3n) is 2.85. The molecule has 0 bridgehead atoms. The molecule has 0 aliphatic rings. The molecule has 0 unspecified atom stereocenters. The molecule has 2 rings (SSSR count). The summed E-state index contributed by atoms with van der Waals surface area (Å²) >= 11 is 0. The van der Waals surface area contributed by atoms with Gasteiger partial charge in [0.1, 0.15) is 5.75 Å². The molecule has 0 aliphatic carbocycles. The lowest BCUT2D eigenvalue weighted by molar-refractivity contribution is 0.414. The molecule has 0 aromatic heterocycles. The van der Waals surface area contributed by atoms with Crippen LogP contribution in [0.25, 0.3) is 0 Å². The number of hydrogen-bond acceptors (Lipinski definition) is 3. The zero-order valence-corrected chi connectivity index (χ0v) is 10.1. The topological polar surface area (TPSA) is 59.0 Å². The van der Waals surface area contributed by atoms with Crippen LogP contribution in [0.3, 0.4) is 0 Å². The van der Waals surface area contributed by atoms with Gasteiger partial charge in [-0.05, 0) is 35.4 Å². The van der Waals surface area contributed by atoms with Crippen LogP contribution in [0.15, 0.2) is 48.5 Å². The van der Waals surface area contributed by atoms with Crippen molar-refractivity contribution >= 4 is 5.69 Å². The van der Waals surface area contributed by atoms with E-state index in [1.807, 2.05) is 48.5 Å². The summed E-state index contributed by atoms with van der Waals surface area (Å²) in [6, 6.07) is 17.2. The van der Waals surface area contributed by atoms with E-state index in [1.54, 1.807) is 7.11 Å². The first-order chi connectivity index (χ1) is 8.74. The molecule has 90 valence electrons. The Morgan fingerprint density at radius 2 is 1.50 bits per heavy atom. The molecule has 0 heterocycles. The van der Waals surface area contributed by atoms with Crippen LogP contribution in [-0.4, -0.2) is 7.11 Å². The predicted molar refractivity (Wildman–Crippen MR) is 71.3 cm³/mol. The minimum atomic E-state index is -0.281. The normalized spacial score (nSPS) is 11.6. The lowest BCUT2D eigenvalue weighted by Gasteiger charge is -2.10. The van der Waals surface area contributed by atoms with E-state index < -0.39 is 0 Å². The first kappa shape index (κ1) is 12.0. The number of hydrogen-bond donors (Lipinski definition) is 1. The maximum Gasteiger partial charge on any atom is 0.118 e. The first-order valence-electron chi connectivity index (χ1n) is 5.63. The van der Waals surface area contributed by atoms with Gasteiger partial charge in [-0.15, -0.1) is 0 Å². The van der Waals surface area contributed by atoms with Crippen LogP contribution in [0, 0.1) is 11.3 Å². The van der Waals surface area contributed by atoms with Gasteiger partial charge in [0, 0.05) is 5.69 Å². The van der Waals surface area contributed by atoms with Gasteiger partial charge in [-0.3, -0.25) is 0 Å². The van der Waals surface area contributed by atoms with Gasteiger partial charge in [-0.25, -0.2) is 0 Å². The van der Waals surface area contributed by atoms with E-state index in [-0.39, 0.29) is 5.92 Å². The first-order valence-corrected chi connectivity index (χ1v) is 5.63. The Bertz CT molecular complexity index is 553. The van der Waals surface area contributed by atoms with Crippen LogP contribution in [0.5, 0.6) is 5.75 Å². The summed E-state index contributed by atoms with van der Waals surface area (Å²) in [4.78, 5) is 0. The molecule has 0 saturated heterocycles. The van der Waals surface area contributed by atoms with Gasteiger partial charge in [0.05, 0.1) is 19.1 Å². The van der Waals surface area contributed by atoms with Crippen LogP contribution in [0.1, 0.15) is 17.0 Å². The predicted octanol–water partition coefficient (Wildman–Crippen LogP) is 2.93. The number of nitrogen functional groups attached to an aromatic ring is 1. The van der Waals surface area contributed by atoms with Gasteiger partial charge in [0.2, 0.25) is 0 Å². The number of rotatable bonds is 3. The van der Waals surface area contributed by atoms with Crippen molar-refractivity contribution in [2.24, 2.45) is 0 Å². The second kappa shape index (κ2) is 5.24. The number of nitrogens with two attached hydrogens (primary N) is 1. The summed E-state index contributed by atoms with van der Waals surface area (Å²) in [7, 11) is 1.62. The van der Waals surface area contributed by atoms with Crippen molar-refractivity contribution in [2.75, 3.05) is 12.8 Å². The molecule has 2 aromatic rings. The molecule has 3 heteroatoms. The molecular formula is C15H14N2O. The third-order valence-corrected chi connectivity index (χ3v) is 2.85. The molecule has 0 radical (unpaired) electrons. The Kier molecular flexibility index (Phi) is 3.49. The van der Waals surface area contributed by atoms with Gasteiger partial charge >= 0.3 is 0 Å². The number of nitriles is 1. The van der Waals surface area contributed by atoms with Crippen molar-refractivity contribution in [3.63, 3.8) is 0 Å². The highest BCUT2D eigenvalue weighted by atomic mass is 16.5. The smallest absolute Gasteiger partial charge is 0.118 e. The minimum Gasteiger partial charge on any atom is -0.497 e. The van der Waals surface area contributed by atoms with E-state index >= 15 is 0 Å². The van der Waals surface area contributed by atoms with E-state index in [1.165, 1.54) is 0 Å². The van der Waals surface area contributed by atoms with Crippen molar-refractivity contribution in [3.05, 3.63) is 59.7 Å². The molecule has 2 aromatic carbocycles. The fourth-order valence-corrected chi connectivity index (χ4v) is 1.83. The average molecular weight is 238 g/mol. The summed E-state index contributed by atoms with van der Waals surface area (Å²) < 4.78 is 5.10. The summed E-state index contributed by atoms with van der Waals surface area (Å²) in [5.74, 6) is 0.504. The molecular weight excluding hydrogens is 224 g/mol. The molecule has 1 atom stereocenters. The summed E-state index contributed by atoms with van der Waals surface area (Å²) in [5, 5.41) is 9.32. The van der Waals surface area contributed by atoms with Gasteiger partial charge in [-0.1, -0.05) is 24.3 Å². The van der Waals surface area contributed by atoms with E-state index in [2.05, 4.69) is 6.07 Å². The summed E-state index contributed by atoms with van der Waals surface area (Å²) in [6.07, 6.45) is 0. The zero-order chi connectivity index (χ0) is 13.0. The Hall–Kier alpha value is -2.47. The second-order valence-corrected chi connectivity index (χ2v) is 4.00. The Morgan fingerprint density at radius 3 is 1.94 bits per heavy atom. The van der Waals surface area contributed by atoms with Gasteiger partial charge in [0.15, 0.2) is 0 Å². The zero-order valence-electron chi connectivity index (χ0n) is 10.1. The minimum absolute atomic E-state index is 0.281. The van der Waals surface area contributed by atoms with E-state index in [4.69, 9.17) is 10.5 Å². The van der Waals surface area contributed by atoms with Crippen LogP contribution >= 0.6 is 0 Å². The second-order valence-electron chi connectivity index (χ2n) is 4.00. The van der Waals surface area contributed by atoms with Crippen molar-refractivity contribution in [1.29, 1.82) is 5.26 Å². The van der Waals surface area contributed by atoms with E-state index in [0.29, 0.717) is 5.69 Å². The molecule has 0 amide bonds. The summed E-state index contributed by atoms with van der Waals surface area (Å²) in [6.45, 7) is 0. The fraction of sp³-hybridized carbons (Fsp3) is 0.133. The van der Waals surface area contributed by atoms with Crippen molar-refractivity contribution in [3.8, 4) is 11.8 Å². The number of methoxy groups -OCH3 is 1. The van der Waals surface area contributed by atoms with Gasteiger partial charge in [-0.2, -0.15) is 5.26 Å². The quantitative estimate of drug-likeness (QED) is 0.836. The Morgan fingerprint density at radius 1 is 1.00 bits per heavy atom. The number of benzene rings is 2. The van der Waals surface area contributed by atoms with Crippen LogP contribution < -0.4 is 10.5 Å². The number of nitrogens with zero attached hydrogens (tertiary/aromatic N) is 1. The van der Waals surface area contributed by atoms with Crippen molar-refractivity contribution in [1.82, 2.24) is 0 Å². The summed E-state index contributed by atoms with van der Waals surface area (Å²) in [5.41, 5.74) is 8.23. The molecule has 0 aliphatic heterocycles. The SMILES string of the molecule is COc1ccc([C@H](C#N)c2ccc(N)cc2)cc1. The third kappa shape index (κ3) is 2.44. The van der Waals surface area contributed by atoms with Crippen LogP contribution in [0.4, 0.5) is 5.69 Å². The maximum absolute atomic E-state index is 9.32. The standard InChI is InChI=1S/C15H14N2O/c1-18-14-8-4-12(5-9-14)15(10-16)11-2-6-13(17)7-3-11/h2-9,15H,17H2,1H3/t15-/m1/s1. The Labute approximate surface area is 106 Å². The maximum atomic E-state index is 9.32. The Balaban J connectivity index is 2.33. The highest BCUT2D eigenvalue weighted by molar-refractivity contribution is 5.45. The molecule has 2 N–H and O–H groups in total. The van der Waals surface area contributed by atoms with Gasteiger partial charge in [0.25, 0.3) is 0 Å². The number of anilines is 1. The van der Waals surface area contributed by atoms with E-state index in [0.717, 1.165) is 16.9 Å². The van der Waals surface area contributed by atoms with Crippen molar-refractivity contribution in [2.45, 2.75) is 5.92 Å². The number of ether oxygens (including phenoxy) is 1. The highest BCUT2D eigenvalue weighted by Crippen LogP contribution is 2.26. The molecule has 0 fully saturated rings. The highest BCUT2D eigenvalue weighted by Gasteiger charge is 2.12. The van der Waals surface area contributed by atoms with E-state index in [9.17, 15) is 5.26 Å². The fourth-order valence-electron chi connectivity index (χ4n) is 1.83. The van der Waals surface area contributed by atoms with Crippen molar-refractivity contribution < 1.29 is 4.74 Å².